The van der Waals surface area contributed by atoms with E-state index in [2.05, 4.69) is 0 Å². The quantitative estimate of drug-likeness (QED) is 0.495. The molecule has 0 bridgehead atoms. The number of hydrogen-bond donors (Lipinski definition) is 0. The van der Waals surface area contributed by atoms with Crippen molar-refractivity contribution in [3.63, 3.8) is 0 Å². The highest BCUT2D eigenvalue weighted by Gasteiger charge is 2.35. The summed E-state index contributed by atoms with van der Waals surface area (Å²) in [6.45, 7) is 3.66. The molecule has 6 heteroatoms. The summed E-state index contributed by atoms with van der Waals surface area (Å²) in [5.74, 6) is -0.730. The molecule has 5 nitrogen and oxygen atoms in total. The number of fused-ring (bicyclic) bond motifs is 2. The first-order valence-electron chi connectivity index (χ1n) is 8.62. The summed E-state index contributed by atoms with van der Waals surface area (Å²) in [7, 11) is -4.32. The Morgan fingerprint density at radius 2 is 1.29 bits per heavy atom. The number of rotatable bonds is 3. The van der Waals surface area contributed by atoms with Gasteiger partial charge < -0.3 is 4.18 Å². The summed E-state index contributed by atoms with van der Waals surface area (Å²) in [5.41, 5.74) is 2.07. The maximum absolute atomic E-state index is 13.0. The van der Waals surface area contributed by atoms with E-state index in [1.54, 1.807) is 30.3 Å². The van der Waals surface area contributed by atoms with Crippen LogP contribution in [0.15, 0.2) is 65.6 Å². The molecule has 4 rings (SSSR count). The summed E-state index contributed by atoms with van der Waals surface area (Å²) in [6.07, 6.45) is 0. The maximum Gasteiger partial charge on any atom is 0.339 e. The van der Waals surface area contributed by atoms with Gasteiger partial charge in [-0.2, -0.15) is 8.42 Å². The number of benzene rings is 3. The fraction of sp³-hybridized carbons (Fsp3) is 0.0909. The second-order valence-corrected chi connectivity index (χ2v) is 8.26. The van der Waals surface area contributed by atoms with Crippen LogP contribution in [0.25, 0.3) is 0 Å². The van der Waals surface area contributed by atoms with Gasteiger partial charge in [0.15, 0.2) is 11.6 Å². The van der Waals surface area contributed by atoms with E-state index in [0.717, 1.165) is 11.1 Å². The molecule has 0 amide bonds. The van der Waals surface area contributed by atoms with Crippen LogP contribution in [0.3, 0.4) is 0 Å². The van der Waals surface area contributed by atoms with Crippen molar-refractivity contribution in [2.45, 2.75) is 18.7 Å². The van der Waals surface area contributed by atoms with Crippen molar-refractivity contribution in [3.05, 3.63) is 94.0 Å². The van der Waals surface area contributed by atoms with Crippen LogP contribution in [0.5, 0.6) is 5.75 Å². The number of carbonyl (C=O) groups is 2. The largest absolute Gasteiger partial charge is 0.379 e. The lowest BCUT2D eigenvalue weighted by molar-refractivity contribution is 0.0976. The third kappa shape index (κ3) is 2.92. The monoisotopic (exact) mass is 392 g/mol. The van der Waals surface area contributed by atoms with Gasteiger partial charge in [0.1, 0.15) is 10.6 Å². The zero-order chi connectivity index (χ0) is 20.1. The predicted molar refractivity (Wildman–Crippen MR) is 103 cm³/mol. The van der Waals surface area contributed by atoms with Crippen molar-refractivity contribution in [1.82, 2.24) is 0 Å². The van der Waals surface area contributed by atoms with Crippen LogP contribution in [0.1, 0.15) is 43.0 Å². The molecule has 140 valence electrons. The average molecular weight is 392 g/mol. The minimum absolute atomic E-state index is 0.0637. The third-order valence-corrected chi connectivity index (χ3v) is 5.88. The number of aryl methyl sites for hydroxylation is 2. The van der Waals surface area contributed by atoms with Gasteiger partial charge in [-0.15, -0.1) is 0 Å². The van der Waals surface area contributed by atoms with Gasteiger partial charge in [-0.3, -0.25) is 9.59 Å². The fourth-order valence-corrected chi connectivity index (χ4v) is 4.61. The lowest BCUT2D eigenvalue weighted by Crippen LogP contribution is -2.24. The predicted octanol–water partition coefficient (Wildman–Crippen LogP) is 3.85. The Morgan fingerprint density at radius 3 is 1.93 bits per heavy atom. The van der Waals surface area contributed by atoms with Gasteiger partial charge in [0.2, 0.25) is 0 Å². The fourth-order valence-electron chi connectivity index (χ4n) is 3.47. The number of hydrogen-bond acceptors (Lipinski definition) is 5. The Balaban J connectivity index is 1.86. The Morgan fingerprint density at radius 1 is 0.714 bits per heavy atom. The molecule has 0 atom stereocenters. The van der Waals surface area contributed by atoms with E-state index in [-0.39, 0.29) is 38.7 Å². The molecule has 1 aliphatic carbocycles. The molecule has 28 heavy (non-hydrogen) atoms. The number of ketones is 2. The van der Waals surface area contributed by atoms with Crippen LogP contribution in [-0.2, 0) is 10.1 Å². The zero-order valence-electron chi connectivity index (χ0n) is 15.2. The van der Waals surface area contributed by atoms with Gasteiger partial charge in [0, 0.05) is 16.7 Å². The molecule has 0 fully saturated rings. The molecule has 0 unspecified atom stereocenters. The van der Waals surface area contributed by atoms with Crippen LogP contribution in [-0.4, -0.2) is 20.0 Å². The molecule has 3 aromatic carbocycles. The van der Waals surface area contributed by atoms with Gasteiger partial charge in [-0.05, 0) is 43.2 Å². The van der Waals surface area contributed by atoms with Crippen LogP contribution in [0, 0.1) is 13.8 Å². The molecule has 1 aliphatic rings. The summed E-state index contributed by atoms with van der Waals surface area (Å²) in [5, 5.41) is 0. The van der Waals surface area contributed by atoms with Crippen molar-refractivity contribution >= 4 is 21.7 Å². The molecule has 0 N–H and O–H groups in total. The van der Waals surface area contributed by atoms with Crippen LogP contribution in [0.4, 0.5) is 0 Å². The van der Waals surface area contributed by atoms with Crippen molar-refractivity contribution in [1.29, 1.82) is 0 Å². The van der Waals surface area contributed by atoms with Gasteiger partial charge >= 0.3 is 10.1 Å². The van der Waals surface area contributed by atoms with E-state index in [0.29, 0.717) is 0 Å². The molecule has 0 saturated heterocycles. The van der Waals surface area contributed by atoms with Gasteiger partial charge in [0.05, 0.1) is 5.56 Å². The summed E-state index contributed by atoms with van der Waals surface area (Å²) >= 11 is 0. The van der Waals surface area contributed by atoms with Crippen LogP contribution < -0.4 is 4.18 Å². The van der Waals surface area contributed by atoms with Gasteiger partial charge in [0.25, 0.3) is 0 Å². The summed E-state index contributed by atoms with van der Waals surface area (Å²) in [6, 6.07) is 15.7. The molecular formula is C22H16O5S. The normalized spacial score (nSPS) is 13.1. The third-order valence-electron chi connectivity index (χ3n) is 4.58. The Bertz CT molecular complexity index is 1240. The zero-order valence-corrected chi connectivity index (χ0v) is 16.0. The first-order chi connectivity index (χ1) is 13.3. The van der Waals surface area contributed by atoms with Crippen molar-refractivity contribution in [2.24, 2.45) is 0 Å². The standard InChI is InChI=1S/C22H16O5S/c1-13-10-14(2)12-15(11-13)27-28(25,26)19-9-5-8-18-20(19)22(24)17-7-4-3-6-16(17)21(18)23/h3-12H,1-2H3. The average Bonchev–Trinajstić information content (AvgIpc) is 2.64. The molecule has 0 aliphatic heterocycles. The highest BCUT2D eigenvalue weighted by molar-refractivity contribution is 7.87. The summed E-state index contributed by atoms with van der Waals surface area (Å²) < 4.78 is 31.2. The molecule has 0 aromatic heterocycles. The molecule has 0 radical (unpaired) electrons. The van der Waals surface area contributed by atoms with Crippen molar-refractivity contribution < 1.29 is 22.2 Å². The van der Waals surface area contributed by atoms with E-state index in [4.69, 9.17) is 4.18 Å². The summed E-state index contributed by atoms with van der Waals surface area (Å²) in [4.78, 5) is 25.5. The highest BCUT2D eigenvalue weighted by atomic mass is 32.2. The number of carbonyl (C=O) groups excluding carboxylic acids is 2. The van der Waals surface area contributed by atoms with E-state index in [1.807, 2.05) is 19.9 Å². The van der Waals surface area contributed by atoms with Crippen LogP contribution >= 0.6 is 0 Å². The Kier molecular flexibility index (Phi) is 4.16. The van der Waals surface area contributed by atoms with E-state index < -0.39 is 15.9 Å². The second-order valence-electron chi connectivity index (χ2n) is 6.74. The second kappa shape index (κ2) is 6.42. The minimum atomic E-state index is -4.32. The Labute approximate surface area is 162 Å². The Hall–Kier alpha value is -3.25. The van der Waals surface area contributed by atoms with Crippen molar-refractivity contribution in [3.8, 4) is 5.75 Å². The van der Waals surface area contributed by atoms with E-state index >= 15 is 0 Å². The first-order valence-corrected chi connectivity index (χ1v) is 10.0. The first kappa shape index (κ1) is 18.1. The lowest BCUT2D eigenvalue weighted by Gasteiger charge is -2.20. The van der Waals surface area contributed by atoms with E-state index in [1.165, 1.54) is 24.3 Å². The smallest absolute Gasteiger partial charge is 0.339 e. The SMILES string of the molecule is Cc1cc(C)cc(OS(=O)(=O)c2cccc3c2C(=O)c2ccccc2C3=O)c1. The molecular weight excluding hydrogens is 376 g/mol. The van der Waals surface area contributed by atoms with E-state index in [9.17, 15) is 18.0 Å². The van der Waals surface area contributed by atoms with Crippen molar-refractivity contribution in [2.75, 3.05) is 0 Å². The minimum Gasteiger partial charge on any atom is -0.379 e. The topological polar surface area (TPSA) is 77.5 Å². The van der Waals surface area contributed by atoms with Crippen LogP contribution in [0.2, 0.25) is 0 Å². The molecule has 0 spiro atoms. The maximum atomic E-state index is 13.0. The molecule has 0 heterocycles. The van der Waals surface area contributed by atoms with Gasteiger partial charge in [-0.1, -0.05) is 42.5 Å². The molecule has 3 aromatic rings. The van der Waals surface area contributed by atoms with Gasteiger partial charge in [-0.25, -0.2) is 0 Å². The highest BCUT2D eigenvalue weighted by Crippen LogP contribution is 2.32. The lowest BCUT2D eigenvalue weighted by atomic mass is 9.84. The molecule has 0 saturated carbocycles.